The van der Waals surface area contributed by atoms with Gasteiger partial charge in [0.1, 0.15) is 16.8 Å². The highest BCUT2D eigenvalue weighted by Gasteiger charge is 2.13. The molecule has 0 bridgehead atoms. The van der Waals surface area contributed by atoms with Gasteiger partial charge in [0.05, 0.1) is 11.5 Å². The number of carbonyl (C=O) groups is 1. The van der Waals surface area contributed by atoms with Gasteiger partial charge in [-0.3, -0.25) is 4.79 Å². The molecular formula is C17H18N4O5S. The molecule has 3 rings (SSSR count). The van der Waals surface area contributed by atoms with Crippen molar-refractivity contribution in [2.75, 3.05) is 24.8 Å². The van der Waals surface area contributed by atoms with Crippen molar-refractivity contribution in [1.29, 1.82) is 0 Å². The molecule has 0 atom stereocenters. The number of aromatic nitrogens is 3. The highest BCUT2D eigenvalue weighted by molar-refractivity contribution is 7.90. The minimum Gasteiger partial charge on any atom is -0.494 e. The molecule has 0 radical (unpaired) electrons. The maximum Gasteiger partial charge on any atom is 0.265 e. The Morgan fingerprint density at radius 3 is 2.59 bits per heavy atom. The number of carbonyl (C=O) groups excluding carboxylic acids is 1. The van der Waals surface area contributed by atoms with Crippen LogP contribution in [0.5, 0.6) is 5.75 Å². The minimum absolute atomic E-state index is 0.112. The fraction of sp³-hybridized carbons (Fsp3) is 0.235. The highest BCUT2D eigenvalue weighted by atomic mass is 32.2. The second-order valence-electron chi connectivity index (χ2n) is 5.66. The average molecular weight is 390 g/mol. The van der Waals surface area contributed by atoms with Crippen molar-refractivity contribution in [2.45, 2.75) is 11.8 Å². The number of rotatable bonds is 7. The summed E-state index contributed by atoms with van der Waals surface area (Å²) >= 11 is 0. The average Bonchev–Trinajstić information content (AvgIpc) is 3.03. The molecule has 0 saturated heterocycles. The summed E-state index contributed by atoms with van der Waals surface area (Å²) in [7, 11) is -3.38. The molecule has 1 amide bonds. The van der Waals surface area contributed by atoms with Crippen LogP contribution in [0.25, 0.3) is 11.0 Å². The third kappa shape index (κ3) is 4.53. The molecule has 1 N–H and O–H groups in total. The molecule has 0 spiro atoms. The summed E-state index contributed by atoms with van der Waals surface area (Å²) in [5, 5.41) is 10.3. The van der Waals surface area contributed by atoms with Gasteiger partial charge in [-0.1, -0.05) is 4.85 Å². The molecule has 1 heterocycles. The van der Waals surface area contributed by atoms with Gasteiger partial charge in [0.2, 0.25) is 0 Å². The van der Waals surface area contributed by atoms with E-state index in [1.54, 1.807) is 24.3 Å². The Morgan fingerprint density at radius 1 is 1.19 bits per heavy atom. The van der Waals surface area contributed by atoms with Crippen molar-refractivity contribution in [2.24, 2.45) is 0 Å². The number of ether oxygens (including phenoxy) is 1. The molecule has 0 aliphatic carbocycles. The first-order chi connectivity index (χ1) is 12.9. The number of anilines is 1. The SMILES string of the molecule is CCOc1ccc(NC(=O)COn2nnc3ccc(S(C)(=O)=O)cc32)cc1. The van der Waals surface area contributed by atoms with Gasteiger partial charge in [-0.15, -0.1) is 5.10 Å². The summed E-state index contributed by atoms with van der Waals surface area (Å²) in [6.45, 7) is 2.13. The molecule has 1 aromatic heterocycles. The molecule has 2 aromatic carbocycles. The summed E-state index contributed by atoms with van der Waals surface area (Å²) in [5.74, 6) is 0.310. The Kier molecular flexibility index (Phi) is 5.26. The summed E-state index contributed by atoms with van der Waals surface area (Å²) in [6.07, 6.45) is 1.10. The largest absolute Gasteiger partial charge is 0.494 e. The van der Waals surface area contributed by atoms with Crippen molar-refractivity contribution < 1.29 is 22.8 Å². The lowest BCUT2D eigenvalue weighted by Crippen LogP contribution is -2.26. The van der Waals surface area contributed by atoms with Crippen LogP contribution in [0.4, 0.5) is 5.69 Å². The van der Waals surface area contributed by atoms with Crippen molar-refractivity contribution in [1.82, 2.24) is 15.2 Å². The Bertz CT molecular complexity index is 1060. The van der Waals surface area contributed by atoms with Crippen molar-refractivity contribution in [3.8, 4) is 5.75 Å². The zero-order chi connectivity index (χ0) is 19.4. The van der Waals surface area contributed by atoms with Crippen molar-refractivity contribution in [3.05, 3.63) is 42.5 Å². The molecule has 0 saturated carbocycles. The van der Waals surface area contributed by atoms with Crippen LogP contribution in [-0.2, 0) is 14.6 Å². The van der Waals surface area contributed by atoms with Crippen LogP contribution in [-0.4, -0.2) is 49.0 Å². The number of nitrogens with zero attached hydrogens (tertiary/aromatic N) is 3. The molecule has 0 aliphatic heterocycles. The van der Waals surface area contributed by atoms with Crippen molar-refractivity contribution >= 4 is 32.5 Å². The summed E-state index contributed by atoms with van der Waals surface area (Å²) < 4.78 is 28.7. The molecule has 142 valence electrons. The third-order valence-corrected chi connectivity index (χ3v) is 4.69. The second kappa shape index (κ2) is 7.62. The number of nitrogens with one attached hydrogen (secondary N) is 1. The third-order valence-electron chi connectivity index (χ3n) is 3.58. The van der Waals surface area contributed by atoms with E-state index in [2.05, 4.69) is 15.6 Å². The van der Waals surface area contributed by atoms with E-state index in [1.165, 1.54) is 18.2 Å². The van der Waals surface area contributed by atoms with Gasteiger partial charge in [-0.25, -0.2) is 8.42 Å². The summed E-state index contributed by atoms with van der Waals surface area (Å²) in [4.78, 5) is 18.5. The van der Waals surface area contributed by atoms with Crippen LogP contribution >= 0.6 is 0 Å². The van der Waals surface area contributed by atoms with Crippen LogP contribution in [0.3, 0.4) is 0 Å². The van der Waals surface area contributed by atoms with E-state index in [9.17, 15) is 13.2 Å². The summed E-state index contributed by atoms with van der Waals surface area (Å²) in [5.41, 5.74) is 1.40. The first kappa shape index (κ1) is 18.6. The van der Waals surface area contributed by atoms with E-state index < -0.39 is 15.7 Å². The van der Waals surface area contributed by atoms with Gasteiger partial charge in [-0.05, 0) is 54.6 Å². The number of benzene rings is 2. The lowest BCUT2D eigenvalue weighted by atomic mass is 10.3. The molecule has 3 aromatic rings. The zero-order valence-electron chi connectivity index (χ0n) is 14.7. The predicted octanol–water partition coefficient (Wildman–Crippen LogP) is 1.30. The van der Waals surface area contributed by atoms with Crippen LogP contribution in [0, 0.1) is 0 Å². The Balaban J connectivity index is 1.66. The molecule has 10 heteroatoms. The Hall–Kier alpha value is -3.14. The van der Waals surface area contributed by atoms with Crippen LogP contribution in [0.15, 0.2) is 47.4 Å². The lowest BCUT2D eigenvalue weighted by Gasteiger charge is -2.08. The molecule has 9 nitrogen and oxygen atoms in total. The smallest absolute Gasteiger partial charge is 0.265 e. The van der Waals surface area contributed by atoms with E-state index in [0.29, 0.717) is 29.1 Å². The lowest BCUT2D eigenvalue weighted by molar-refractivity contribution is -0.121. The maximum atomic E-state index is 12.1. The zero-order valence-corrected chi connectivity index (χ0v) is 15.6. The monoisotopic (exact) mass is 390 g/mol. The Labute approximate surface area is 155 Å². The number of hydrogen-bond acceptors (Lipinski definition) is 7. The Morgan fingerprint density at radius 2 is 1.93 bits per heavy atom. The first-order valence-electron chi connectivity index (χ1n) is 8.08. The maximum absolute atomic E-state index is 12.1. The van der Waals surface area contributed by atoms with Crippen molar-refractivity contribution in [3.63, 3.8) is 0 Å². The van der Waals surface area contributed by atoms with E-state index in [0.717, 1.165) is 11.1 Å². The van der Waals surface area contributed by atoms with Gasteiger partial charge in [0.15, 0.2) is 16.4 Å². The normalized spacial score (nSPS) is 11.3. The molecular weight excluding hydrogens is 372 g/mol. The van der Waals surface area contributed by atoms with Crippen LogP contribution < -0.4 is 14.9 Å². The van der Waals surface area contributed by atoms with Gasteiger partial charge in [-0.2, -0.15) is 0 Å². The quantitative estimate of drug-likeness (QED) is 0.647. The van der Waals surface area contributed by atoms with E-state index in [4.69, 9.17) is 9.57 Å². The highest BCUT2D eigenvalue weighted by Crippen LogP contribution is 2.17. The van der Waals surface area contributed by atoms with Gasteiger partial charge >= 0.3 is 0 Å². The number of fused-ring (bicyclic) bond motifs is 1. The number of hydrogen-bond donors (Lipinski definition) is 1. The fourth-order valence-electron chi connectivity index (χ4n) is 2.32. The number of sulfone groups is 1. The molecule has 0 unspecified atom stereocenters. The second-order valence-corrected chi connectivity index (χ2v) is 7.68. The molecule has 27 heavy (non-hydrogen) atoms. The first-order valence-corrected chi connectivity index (χ1v) is 9.97. The van der Waals surface area contributed by atoms with E-state index in [1.807, 2.05) is 6.92 Å². The minimum atomic E-state index is -3.38. The standard InChI is InChI=1S/C17H18N4O5S/c1-3-25-13-6-4-12(5-7-13)18-17(22)11-26-21-16-10-14(27(2,23)24)8-9-15(16)19-20-21/h4-10H,3,11H2,1-2H3,(H,18,22). The van der Waals surface area contributed by atoms with Crippen LogP contribution in [0.2, 0.25) is 0 Å². The van der Waals surface area contributed by atoms with Gasteiger partial charge < -0.3 is 14.9 Å². The molecule has 0 fully saturated rings. The fourth-order valence-corrected chi connectivity index (χ4v) is 2.96. The predicted molar refractivity (Wildman–Crippen MR) is 98.3 cm³/mol. The van der Waals surface area contributed by atoms with Crippen LogP contribution in [0.1, 0.15) is 6.92 Å². The van der Waals surface area contributed by atoms with Gasteiger partial charge in [0, 0.05) is 11.9 Å². The van der Waals surface area contributed by atoms with E-state index >= 15 is 0 Å². The topological polar surface area (TPSA) is 112 Å². The molecule has 0 aliphatic rings. The summed E-state index contributed by atoms with van der Waals surface area (Å²) in [6, 6.07) is 11.3. The number of amides is 1. The van der Waals surface area contributed by atoms with Gasteiger partial charge in [0.25, 0.3) is 5.91 Å². The van der Waals surface area contributed by atoms with E-state index in [-0.39, 0.29) is 11.5 Å².